The second-order valence-corrected chi connectivity index (χ2v) is 7.31. The van der Waals surface area contributed by atoms with E-state index in [9.17, 15) is 4.79 Å². The Hall–Kier alpha value is -1.22. The lowest BCUT2D eigenvalue weighted by Gasteiger charge is -2.33. The highest BCUT2D eigenvalue weighted by Crippen LogP contribution is 2.42. The third-order valence-corrected chi connectivity index (χ3v) is 5.18. The molecule has 0 spiro atoms. The highest BCUT2D eigenvalue weighted by molar-refractivity contribution is 8.00. The van der Waals surface area contributed by atoms with E-state index >= 15 is 0 Å². The molecule has 1 aromatic carbocycles. The first-order valence-corrected chi connectivity index (χ1v) is 8.91. The summed E-state index contributed by atoms with van der Waals surface area (Å²) in [6.07, 6.45) is 5.41. The molecule has 3 heteroatoms. The van der Waals surface area contributed by atoms with Crippen LogP contribution in [0.4, 0.5) is 0 Å². The van der Waals surface area contributed by atoms with Crippen molar-refractivity contribution in [1.29, 1.82) is 0 Å². The maximum Gasteiger partial charge on any atom is 0.333 e. The molecule has 0 aliphatic rings. The Morgan fingerprint density at radius 3 is 2.23 bits per heavy atom. The zero-order valence-electron chi connectivity index (χ0n) is 14.1. The normalized spacial score (nSPS) is 11.2. The molecule has 0 bridgehead atoms. The minimum Gasteiger partial charge on any atom is -0.462 e. The fourth-order valence-corrected chi connectivity index (χ4v) is 4.22. The van der Waals surface area contributed by atoms with Gasteiger partial charge in [0.1, 0.15) is 0 Å². The Labute approximate surface area is 139 Å². The molecule has 0 heterocycles. The molecule has 0 aliphatic carbocycles. The molecule has 0 aliphatic heterocycles. The number of benzene rings is 1. The van der Waals surface area contributed by atoms with Gasteiger partial charge >= 0.3 is 5.97 Å². The molecule has 0 radical (unpaired) electrons. The molecule has 122 valence electrons. The maximum absolute atomic E-state index is 11.6. The van der Waals surface area contributed by atoms with Crippen LogP contribution < -0.4 is 0 Å². The van der Waals surface area contributed by atoms with E-state index in [1.54, 1.807) is 6.92 Å². The van der Waals surface area contributed by atoms with Gasteiger partial charge in [0, 0.05) is 15.2 Å². The van der Waals surface area contributed by atoms with Crippen molar-refractivity contribution in [1.82, 2.24) is 0 Å². The second kappa shape index (κ2) is 9.73. The molecule has 2 nitrogen and oxygen atoms in total. The summed E-state index contributed by atoms with van der Waals surface area (Å²) >= 11 is 1.93. The molecule has 1 rings (SSSR count). The van der Waals surface area contributed by atoms with Gasteiger partial charge in [-0.3, -0.25) is 0 Å². The first-order chi connectivity index (χ1) is 10.5. The largest absolute Gasteiger partial charge is 0.462 e. The van der Waals surface area contributed by atoms with Crippen molar-refractivity contribution in [3.63, 3.8) is 0 Å². The van der Waals surface area contributed by atoms with Crippen LogP contribution in [0, 0.1) is 0 Å². The average molecular weight is 320 g/mol. The SMILES string of the molecule is C=C(C)C(=O)OCCC(CCC)(CCC)Sc1ccccc1. The van der Waals surface area contributed by atoms with Crippen LogP contribution in [-0.4, -0.2) is 17.3 Å². The minimum atomic E-state index is -0.286. The Bertz CT molecular complexity index is 462. The van der Waals surface area contributed by atoms with Crippen molar-refractivity contribution >= 4 is 17.7 Å². The van der Waals surface area contributed by atoms with Gasteiger partial charge in [-0.05, 0) is 38.3 Å². The van der Waals surface area contributed by atoms with Crippen LogP contribution in [0.3, 0.4) is 0 Å². The van der Waals surface area contributed by atoms with E-state index in [4.69, 9.17) is 4.74 Å². The molecule has 0 aromatic heterocycles. The van der Waals surface area contributed by atoms with Crippen LogP contribution in [0.1, 0.15) is 52.9 Å². The number of hydrogen-bond acceptors (Lipinski definition) is 3. The van der Waals surface area contributed by atoms with Crippen molar-refractivity contribution in [3.05, 3.63) is 42.5 Å². The Balaban J connectivity index is 2.76. The van der Waals surface area contributed by atoms with Crippen LogP contribution in [0.2, 0.25) is 0 Å². The third kappa shape index (κ3) is 6.27. The third-order valence-electron chi connectivity index (χ3n) is 3.63. The molecule has 22 heavy (non-hydrogen) atoms. The lowest BCUT2D eigenvalue weighted by Crippen LogP contribution is -2.27. The van der Waals surface area contributed by atoms with Crippen molar-refractivity contribution in [2.45, 2.75) is 62.5 Å². The first kappa shape index (κ1) is 18.8. The fourth-order valence-electron chi connectivity index (χ4n) is 2.63. The summed E-state index contributed by atoms with van der Waals surface area (Å²) in [6, 6.07) is 10.5. The standard InChI is InChI=1S/C19H28O2S/c1-5-12-19(13-6-2,14-15-21-18(20)16(3)4)22-17-10-8-7-9-11-17/h7-11H,3,5-6,12-15H2,1-2,4H3. The number of hydrogen-bond donors (Lipinski definition) is 0. The van der Waals surface area contributed by atoms with Crippen molar-refractivity contribution in [2.24, 2.45) is 0 Å². The van der Waals surface area contributed by atoms with Crippen molar-refractivity contribution in [3.8, 4) is 0 Å². The van der Waals surface area contributed by atoms with Gasteiger partial charge in [-0.15, -0.1) is 11.8 Å². The molecule has 0 saturated heterocycles. The second-order valence-electron chi connectivity index (χ2n) is 5.76. The molecule has 0 atom stereocenters. The van der Waals surface area contributed by atoms with Gasteiger partial charge in [-0.25, -0.2) is 4.79 Å². The van der Waals surface area contributed by atoms with Crippen LogP contribution in [0.25, 0.3) is 0 Å². The van der Waals surface area contributed by atoms with E-state index in [1.165, 1.54) is 4.90 Å². The van der Waals surface area contributed by atoms with Crippen molar-refractivity contribution in [2.75, 3.05) is 6.61 Å². The topological polar surface area (TPSA) is 26.3 Å². The van der Waals surface area contributed by atoms with Gasteiger partial charge in [0.25, 0.3) is 0 Å². The number of thioether (sulfide) groups is 1. The Kier molecular flexibility index (Phi) is 8.32. The summed E-state index contributed by atoms with van der Waals surface area (Å²) in [7, 11) is 0. The summed E-state index contributed by atoms with van der Waals surface area (Å²) in [5, 5.41) is 0. The number of carbonyl (C=O) groups is 1. The predicted octanol–water partition coefficient (Wildman–Crippen LogP) is 5.63. The van der Waals surface area contributed by atoms with Crippen LogP contribution in [-0.2, 0) is 9.53 Å². The van der Waals surface area contributed by atoms with Gasteiger partial charge in [0.15, 0.2) is 0 Å². The number of esters is 1. The van der Waals surface area contributed by atoms with E-state index in [2.05, 4.69) is 44.7 Å². The molecule has 0 fully saturated rings. The lowest BCUT2D eigenvalue weighted by atomic mass is 9.94. The molecule has 0 amide bonds. The number of carbonyl (C=O) groups excluding carboxylic acids is 1. The van der Waals surface area contributed by atoms with Crippen molar-refractivity contribution < 1.29 is 9.53 Å². The summed E-state index contributed by atoms with van der Waals surface area (Å²) in [5.74, 6) is -0.286. The molecular weight excluding hydrogens is 292 g/mol. The molecule has 0 saturated carbocycles. The van der Waals surface area contributed by atoms with E-state index in [0.717, 1.165) is 32.1 Å². The van der Waals surface area contributed by atoms with Crippen LogP contribution >= 0.6 is 11.8 Å². The van der Waals surface area contributed by atoms with E-state index in [0.29, 0.717) is 12.2 Å². The van der Waals surface area contributed by atoms with Gasteiger partial charge in [0.05, 0.1) is 6.61 Å². The fraction of sp³-hybridized carbons (Fsp3) is 0.526. The van der Waals surface area contributed by atoms with E-state index in [-0.39, 0.29) is 10.7 Å². The number of rotatable bonds is 10. The zero-order chi connectivity index (χ0) is 16.4. The molecule has 1 aromatic rings. The summed E-state index contributed by atoms with van der Waals surface area (Å²) < 4.78 is 5.48. The minimum absolute atomic E-state index is 0.139. The molecule has 0 unspecified atom stereocenters. The average Bonchev–Trinajstić information content (AvgIpc) is 2.48. The molecule has 0 N–H and O–H groups in total. The summed E-state index contributed by atoms with van der Waals surface area (Å²) in [6.45, 7) is 10.2. The van der Waals surface area contributed by atoms with E-state index < -0.39 is 0 Å². The van der Waals surface area contributed by atoms with Crippen LogP contribution in [0.5, 0.6) is 0 Å². The monoisotopic (exact) mass is 320 g/mol. The summed E-state index contributed by atoms with van der Waals surface area (Å²) in [4.78, 5) is 12.9. The summed E-state index contributed by atoms with van der Waals surface area (Å²) in [5.41, 5.74) is 0.465. The van der Waals surface area contributed by atoms with Gasteiger partial charge in [-0.2, -0.15) is 0 Å². The quantitative estimate of drug-likeness (QED) is 0.317. The Morgan fingerprint density at radius 2 is 1.73 bits per heavy atom. The van der Waals surface area contributed by atoms with Gasteiger partial charge in [-0.1, -0.05) is 51.5 Å². The highest BCUT2D eigenvalue weighted by Gasteiger charge is 2.30. The lowest BCUT2D eigenvalue weighted by molar-refractivity contribution is -0.139. The Morgan fingerprint density at radius 1 is 1.14 bits per heavy atom. The predicted molar refractivity (Wildman–Crippen MR) is 95.2 cm³/mol. The smallest absolute Gasteiger partial charge is 0.333 e. The molecular formula is C19H28O2S. The van der Waals surface area contributed by atoms with E-state index in [1.807, 2.05) is 17.8 Å². The van der Waals surface area contributed by atoms with Gasteiger partial charge in [0.2, 0.25) is 0 Å². The first-order valence-electron chi connectivity index (χ1n) is 8.09. The number of ether oxygens (including phenoxy) is 1. The maximum atomic E-state index is 11.6. The zero-order valence-corrected chi connectivity index (χ0v) is 14.9. The van der Waals surface area contributed by atoms with Gasteiger partial charge < -0.3 is 4.74 Å². The highest BCUT2D eigenvalue weighted by atomic mass is 32.2. The van der Waals surface area contributed by atoms with Crippen LogP contribution in [0.15, 0.2) is 47.4 Å².